The standard InChI is InChI=1S/C11H11BrN2O2/c1-11(6-13-9(15)10(16)14-11)7-4-2-3-5-8(7)12/h2-5H,6H2,1H3,(H,13,15)(H,14,16). The molecule has 1 heterocycles. The molecule has 1 aliphatic heterocycles. The molecule has 84 valence electrons. The largest absolute Gasteiger partial charge is 0.345 e. The Morgan fingerprint density at radius 2 is 1.94 bits per heavy atom. The number of nitrogens with one attached hydrogen (secondary N) is 2. The second-order valence-electron chi connectivity index (χ2n) is 3.95. The summed E-state index contributed by atoms with van der Waals surface area (Å²) in [6.07, 6.45) is 0. The second kappa shape index (κ2) is 3.90. The first-order chi connectivity index (χ1) is 7.53. The van der Waals surface area contributed by atoms with E-state index in [2.05, 4.69) is 26.6 Å². The van der Waals surface area contributed by atoms with Crippen LogP contribution in [0.5, 0.6) is 0 Å². The fraction of sp³-hybridized carbons (Fsp3) is 0.273. The summed E-state index contributed by atoms with van der Waals surface area (Å²) in [5.74, 6) is -1.17. The van der Waals surface area contributed by atoms with Gasteiger partial charge >= 0.3 is 11.8 Å². The van der Waals surface area contributed by atoms with Gasteiger partial charge in [-0.3, -0.25) is 9.59 Å². The van der Waals surface area contributed by atoms with E-state index in [1.165, 1.54) is 0 Å². The van der Waals surface area contributed by atoms with Crippen molar-refractivity contribution in [3.63, 3.8) is 0 Å². The summed E-state index contributed by atoms with van der Waals surface area (Å²) < 4.78 is 0.911. The third-order valence-electron chi connectivity index (χ3n) is 2.67. The van der Waals surface area contributed by atoms with Gasteiger partial charge in [-0.25, -0.2) is 0 Å². The maximum atomic E-state index is 11.4. The molecule has 0 spiro atoms. The van der Waals surface area contributed by atoms with Gasteiger partial charge in [0.1, 0.15) is 0 Å². The third-order valence-corrected chi connectivity index (χ3v) is 3.36. The Hall–Kier alpha value is -1.36. The number of carbonyl (C=O) groups excluding carboxylic acids is 2. The van der Waals surface area contributed by atoms with Crippen LogP contribution in [0.15, 0.2) is 28.7 Å². The molecule has 16 heavy (non-hydrogen) atoms. The lowest BCUT2D eigenvalue weighted by molar-refractivity contribution is -0.142. The molecule has 2 rings (SSSR count). The summed E-state index contributed by atoms with van der Waals surface area (Å²) >= 11 is 3.44. The highest BCUT2D eigenvalue weighted by molar-refractivity contribution is 9.10. The van der Waals surface area contributed by atoms with E-state index in [1.54, 1.807) is 0 Å². The van der Waals surface area contributed by atoms with Crippen LogP contribution in [0.2, 0.25) is 0 Å². The van der Waals surface area contributed by atoms with E-state index in [9.17, 15) is 9.59 Å². The molecule has 0 saturated carbocycles. The Bertz CT molecular complexity index is 461. The zero-order valence-electron chi connectivity index (χ0n) is 8.71. The lowest BCUT2D eigenvalue weighted by Crippen LogP contribution is -2.61. The van der Waals surface area contributed by atoms with Gasteiger partial charge in [-0.2, -0.15) is 0 Å². The summed E-state index contributed by atoms with van der Waals surface area (Å²) in [6.45, 7) is 2.27. The lowest BCUT2D eigenvalue weighted by atomic mass is 9.90. The van der Waals surface area contributed by atoms with E-state index in [0.717, 1.165) is 10.0 Å². The van der Waals surface area contributed by atoms with Crippen molar-refractivity contribution in [2.75, 3.05) is 6.54 Å². The molecular weight excluding hydrogens is 272 g/mol. The van der Waals surface area contributed by atoms with Crippen LogP contribution in [0.25, 0.3) is 0 Å². The van der Waals surface area contributed by atoms with Crippen LogP contribution in [0.3, 0.4) is 0 Å². The van der Waals surface area contributed by atoms with Crippen LogP contribution < -0.4 is 10.6 Å². The predicted octanol–water partition coefficient (Wildman–Crippen LogP) is 0.910. The molecule has 1 fully saturated rings. The number of amides is 2. The molecule has 5 heteroatoms. The number of halogens is 1. The number of benzene rings is 1. The van der Waals surface area contributed by atoms with Crippen LogP contribution in [0.4, 0.5) is 0 Å². The van der Waals surface area contributed by atoms with Gasteiger partial charge in [0.15, 0.2) is 0 Å². The first kappa shape index (κ1) is 11.1. The molecule has 2 N–H and O–H groups in total. The first-order valence-corrected chi connectivity index (χ1v) is 5.67. The van der Waals surface area contributed by atoms with Crippen LogP contribution in [-0.4, -0.2) is 18.4 Å². The maximum absolute atomic E-state index is 11.4. The van der Waals surface area contributed by atoms with Crippen molar-refractivity contribution in [3.05, 3.63) is 34.3 Å². The summed E-state index contributed by atoms with van der Waals surface area (Å²) in [5, 5.41) is 5.29. The molecule has 0 bridgehead atoms. The fourth-order valence-corrected chi connectivity index (χ4v) is 2.48. The minimum atomic E-state index is -0.593. The minimum absolute atomic E-state index is 0.389. The third kappa shape index (κ3) is 1.82. The number of piperazine rings is 1. The van der Waals surface area contributed by atoms with Gasteiger partial charge in [0, 0.05) is 11.0 Å². The van der Waals surface area contributed by atoms with Gasteiger partial charge in [-0.1, -0.05) is 34.1 Å². The first-order valence-electron chi connectivity index (χ1n) is 4.88. The normalized spacial score (nSPS) is 24.9. The average molecular weight is 283 g/mol. The van der Waals surface area contributed by atoms with Gasteiger partial charge in [0.2, 0.25) is 0 Å². The molecule has 1 aromatic carbocycles. The van der Waals surface area contributed by atoms with Crippen LogP contribution in [0, 0.1) is 0 Å². The van der Waals surface area contributed by atoms with E-state index in [4.69, 9.17) is 0 Å². The number of hydrogen-bond acceptors (Lipinski definition) is 2. The van der Waals surface area contributed by atoms with Gasteiger partial charge in [0.25, 0.3) is 0 Å². The zero-order chi connectivity index (χ0) is 11.8. The SMILES string of the molecule is CC1(c2ccccc2Br)CNC(=O)C(=O)N1. The molecule has 1 saturated heterocycles. The Morgan fingerprint density at radius 1 is 1.25 bits per heavy atom. The Morgan fingerprint density at radius 3 is 2.56 bits per heavy atom. The van der Waals surface area contributed by atoms with E-state index in [0.29, 0.717) is 6.54 Å². The molecule has 0 aliphatic carbocycles. The van der Waals surface area contributed by atoms with E-state index >= 15 is 0 Å². The predicted molar refractivity (Wildman–Crippen MR) is 62.6 cm³/mol. The summed E-state index contributed by atoms with van der Waals surface area (Å²) in [6, 6.07) is 7.62. The molecule has 4 nitrogen and oxygen atoms in total. The van der Waals surface area contributed by atoms with Crippen molar-refractivity contribution in [1.82, 2.24) is 10.6 Å². The van der Waals surface area contributed by atoms with Crippen LogP contribution in [-0.2, 0) is 15.1 Å². The van der Waals surface area contributed by atoms with Gasteiger partial charge in [-0.05, 0) is 18.6 Å². The zero-order valence-corrected chi connectivity index (χ0v) is 10.3. The van der Waals surface area contributed by atoms with E-state index in [-0.39, 0.29) is 0 Å². The van der Waals surface area contributed by atoms with Crippen molar-refractivity contribution < 1.29 is 9.59 Å². The number of carbonyl (C=O) groups is 2. The highest BCUT2D eigenvalue weighted by atomic mass is 79.9. The van der Waals surface area contributed by atoms with Crippen molar-refractivity contribution in [3.8, 4) is 0 Å². The maximum Gasteiger partial charge on any atom is 0.310 e. The topological polar surface area (TPSA) is 58.2 Å². The highest BCUT2D eigenvalue weighted by Crippen LogP contribution is 2.28. The van der Waals surface area contributed by atoms with E-state index in [1.807, 2.05) is 31.2 Å². The summed E-state index contributed by atoms with van der Waals surface area (Å²) in [4.78, 5) is 22.4. The summed E-state index contributed by atoms with van der Waals surface area (Å²) in [7, 11) is 0. The molecule has 1 aliphatic rings. The van der Waals surface area contributed by atoms with Gasteiger partial charge < -0.3 is 10.6 Å². The molecule has 1 aromatic rings. The van der Waals surface area contributed by atoms with Crippen LogP contribution in [0.1, 0.15) is 12.5 Å². The molecular formula is C11H11BrN2O2. The average Bonchev–Trinajstić information content (AvgIpc) is 2.25. The van der Waals surface area contributed by atoms with Crippen molar-refractivity contribution >= 4 is 27.7 Å². The lowest BCUT2D eigenvalue weighted by Gasteiger charge is -2.35. The monoisotopic (exact) mass is 282 g/mol. The molecule has 1 unspecified atom stereocenters. The Labute approximate surface area is 102 Å². The van der Waals surface area contributed by atoms with Gasteiger partial charge in [-0.15, -0.1) is 0 Å². The Kier molecular flexibility index (Phi) is 2.71. The highest BCUT2D eigenvalue weighted by Gasteiger charge is 2.37. The second-order valence-corrected chi connectivity index (χ2v) is 4.80. The van der Waals surface area contributed by atoms with Crippen molar-refractivity contribution in [2.45, 2.75) is 12.5 Å². The smallest absolute Gasteiger partial charge is 0.310 e. The molecule has 0 radical (unpaired) electrons. The molecule has 1 atom stereocenters. The van der Waals surface area contributed by atoms with Gasteiger partial charge in [0.05, 0.1) is 5.54 Å². The molecule has 0 aromatic heterocycles. The Balaban J connectivity index is 2.37. The molecule has 2 amide bonds. The van der Waals surface area contributed by atoms with Crippen LogP contribution >= 0.6 is 15.9 Å². The van der Waals surface area contributed by atoms with E-state index < -0.39 is 17.4 Å². The minimum Gasteiger partial charge on any atom is -0.345 e. The fourth-order valence-electron chi connectivity index (χ4n) is 1.76. The number of rotatable bonds is 1. The quantitative estimate of drug-likeness (QED) is 0.753. The summed E-state index contributed by atoms with van der Waals surface area (Å²) in [5.41, 5.74) is 0.383. The van der Waals surface area contributed by atoms with Crippen molar-refractivity contribution in [1.29, 1.82) is 0 Å². The van der Waals surface area contributed by atoms with Crippen molar-refractivity contribution in [2.24, 2.45) is 0 Å². The number of hydrogen-bond donors (Lipinski definition) is 2.